The van der Waals surface area contributed by atoms with E-state index in [1.54, 1.807) is 6.92 Å². The van der Waals surface area contributed by atoms with Crippen LogP contribution in [0, 0.1) is 17.0 Å². The van der Waals surface area contributed by atoms with Crippen molar-refractivity contribution in [2.75, 3.05) is 19.7 Å². The van der Waals surface area contributed by atoms with E-state index in [1.165, 1.54) is 6.92 Å². The third-order valence-electron chi connectivity index (χ3n) is 4.04. The van der Waals surface area contributed by atoms with E-state index in [-0.39, 0.29) is 35.2 Å². The Bertz CT molecular complexity index is 772. The molecule has 138 valence electrons. The van der Waals surface area contributed by atoms with Crippen molar-refractivity contribution in [3.8, 4) is 0 Å². The standard InChI is InChI=1S/C15H21N3O6S/c1-3-24-15(19)13-7-12(8-14(10(13)2)18(20)21)25(22,23)17-9-11-5-4-6-16-11/h7-8,11,16-17H,3-6,9H2,1-2H3. The molecule has 1 aromatic carbocycles. The SMILES string of the molecule is CCOC(=O)c1cc(S(=O)(=O)NCC2CCCN2)cc([N+](=O)[O-])c1C. The molecule has 10 heteroatoms. The maximum Gasteiger partial charge on any atom is 0.338 e. The summed E-state index contributed by atoms with van der Waals surface area (Å²) in [7, 11) is -3.99. The first-order valence-electron chi connectivity index (χ1n) is 7.95. The molecule has 9 nitrogen and oxygen atoms in total. The van der Waals surface area contributed by atoms with Gasteiger partial charge in [-0.05, 0) is 39.3 Å². The van der Waals surface area contributed by atoms with Crippen molar-refractivity contribution in [1.29, 1.82) is 0 Å². The lowest BCUT2D eigenvalue weighted by Crippen LogP contribution is -2.37. The van der Waals surface area contributed by atoms with Gasteiger partial charge in [-0.15, -0.1) is 0 Å². The van der Waals surface area contributed by atoms with Crippen LogP contribution >= 0.6 is 0 Å². The van der Waals surface area contributed by atoms with Crippen LogP contribution in [0.5, 0.6) is 0 Å². The van der Waals surface area contributed by atoms with Gasteiger partial charge in [-0.2, -0.15) is 0 Å². The van der Waals surface area contributed by atoms with Crippen LogP contribution < -0.4 is 10.0 Å². The van der Waals surface area contributed by atoms with E-state index in [4.69, 9.17) is 4.74 Å². The Morgan fingerprint density at radius 3 is 2.76 bits per heavy atom. The Labute approximate surface area is 145 Å². The summed E-state index contributed by atoms with van der Waals surface area (Å²) in [5.74, 6) is -0.794. The van der Waals surface area contributed by atoms with E-state index in [9.17, 15) is 23.3 Å². The van der Waals surface area contributed by atoms with Crippen molar-refractivity contribution in [3.05, 3.63) is 33.4 Å². The summed E-state index contributed by atoms with van der Waals surface area (Å²) < 4.78 is 32.3. The monoisotopic (exact) mass is 371 g/mol. The summed E-state index contributed by atoms with van der Waals surface area (Å²) in [6.07, 6.45) is 1.82. The smallest absolute Gasteiger partial charge is 0.338 e. The lowest BCUT2D eigenvalue weighted by molar-refractivity contribution is -0.385. The van der Waals surface area contributed by atoms with Crippen LogP contribution in [0.3, 0.4) is 0 Å². The first-order valence-corrected chi connectivity index (χ1v) is 9.43. The minimum atomic E-state index is -3.99. The number of ether oxygens (including phenoxy) is 1. The molecule has 0 saturated carbocycles. The van der Waals surface area contributed by atoms with Gasteiger partial charge < -0.3 is 10.1 Å². The van der Waals surface area contributed by atoms with Crippen LogP contribution in [-0.4, -0.2) is 45.0 Å². The number of carbonyl (C=O) groups is 1. The minimum Gasteiger partial charge on any atom is -0.462 e. The predicted molar refractivity (Wildman–Crippen MR) is 90.0 cm³/mol. The average Bonchev–Trinajstić information content (AvgIpc) is 3.06. The van der Waals surface area contributed by atoms with Crippen LogP contribution in [0.25, 0.3) is 0 Å². The Morgan fingerprint density at radius 1 is 1.48 bits per heavy atom. The summed E-state index contributed by atoms with van der Waals surface area (Å²) in [6.45, 7) is 4.07. The summed E-state index contributed by atoms with van der Waals surface area (Å²) in [6, 6.07) is 2.10. The van der Waals surface area contributed by atoms with Crippen molar-refractivity contribution >= 4 is 21.7 Å². The summed E-state index contributed by atoms with van der Waals surface area (Å²) in [5.41, 5.74) is -0.500. The van der Waals surface area contributed by atoms with E-state index in [1.807, 2.05) is 0 Å². The number of nitrogens with zero attached hydrogens (tertiary/aromatic N) is 1. The van der Waals surface area contributed by atoms with Gasteiger partial charge in [0.1, 0.15) is 0 Å². The molecule has 1 atom stereocenters. The average molecular weight is 371 g/mol. The number of carbonyl (C=O) groups excluding carboxylic acids is 1. The van der Waals surface area contributed by atoms with Crippen molar-refractivity contribution < 1.29 is 22.9 Å². The molecule has 1 aliphatic heterocycles. The van der Waals surface area contributed by atoms with Gasteiger partial charge in [0.15, 0.2) is 0 Å². The number of nitro benzene ring substituents is 1. The second-order valence-corrected chi connectivity index (χ2v) is 7.50. The van der Waals surface area contributed by atoms with Gasteiger partial charge in [0, 0.05) is 24.2 Å². The number of esters is 1. The van der Waals surface area contributed by atoms with Crippen LogP contribution in [0.4, 0.5) is 5.69 Å². The van der Waals surface area contributed by atoms with Gasteiger partial charge in [-0.3, -0.25) is 10.1 Å². The topological polar surface area (TPSA) is 128 Å². The summed E-state index contributed by atoms with van der Waals surface area (Å²) in [4.78, 5) is 22.2. The second-order valence-electron chi connectivity index (χ2n) is 5.74. The molecule has 0 aliphatic carbocycles. The number of benzene rings is 1. The Morgan fingerprint density at radius 2 is 2.20 bits per heavy atom. The Balaban J connectivity index is 2.37. The van der Waals surface area contributed by atoms with Crippen molar-refractivity contribution in [1.82, 2.24) is 10.0 Å². The zero-order valence-electron chi connectivity index (χ0n) is 14.1. The van der Waals surface area contributed by atoms with Crippen molar-refractivity contribution in [2.24, 2.45) is 0 Å². The van der Waals surface area contributed by atoms with E-state index >= 15 is 0 Å². The molecule has 1 aromatic rings. The van der Waals surface area contributed by atoms with Crippen molar-refractivity contribution in [2.45, 2.75) is 37.6 Å². The number of rotatable bonds is 7. The quantitative estimate of drug-likeness (QED) is 0.417. The zero-order chi connectivity index (χ0) is 18.6. The van der Waals surface area contributed by atoms with E-state index < -0.39 is 26.6 Å². The van der Waals surface area contributed by atoms with Crippen LogP contribution in [0.15, 0.2) is 17.0 Å². The fraction of sp³-hybridized carbons (Fsp3) is 0.533. The lowest BCUT2D eigenvalue weighted by Gasteiger charge is -2.13. The molecule has 2 N–H and O–H groups in total. The molecular weight excluding hydrogens is 350 g/mol. The third-order valence-corrected chi connectivity index (χ3v) is 5.44. The van der Waals surface area contributed by atoms with Crippen LogP contribution in [0.2, 0.25) is 0 Å². The molecule has 0 bridgehead atoms. The van der Waals surface area contributed by atoms with Gasteiger partial charge in [-0.1, -0.05) is 0 Å². The van der Waals surface area contributed by atoms with Gasteiger partial charge in [0.05, 0.1) is 22.0 Å². The molecule has 0 aromatic heterocycles. The van der Waals surface area contributed by atoms with Gasteiger partial charge >= 0.3 is 5.97 Å². The molecule has 1 aliphatic rings. The highest BCUT2D eigenvalue weighted by Crippen LogP contribution is 2.27. The number of nitrogens with one attached hydrogen (secondary N) is 2. The van der Waals surface area contributed by atoms with Crippen LogP contribution in [-0.2, 0) is 14.8 Å². The second kappa shape index (κ2) is 7.89. The highest BCUT2D eigenvalue weighted by Gasteiger charge is 2.27. The normalized spacial score (nSPS) is 17.4. The maximum absolute atomic E-state index is 12.5. The first-order chi connectivity index (χ1) is 11.8. The highest BCUT2D eigenvalue weighted by atomic mass is 32.2. The Hall–Kier alpha value is -2.04. The number of nitro groups is 1. The Kier molecular flexibility index (Phi) is 6.09. The molecule has 1 unspecified atom stereocenters. The fourth-order valence-electron chi connectivity index (χ4n) is 2.66. The third kappa shape index (κ3) is 4.53. The summed E-state index contributed by atoms with van der Waals surface area (Å²) >= 11 is 0. The number of hydrogen-bond acceptors (Lipinski definition) is 7. The molecule has 0 amide bonds. The van der Waals surface area contributed by atoms with Crippen molar-refractivity contribution in [3.63, 3.8) is 0 Å². The van der Waals surface area contributed by atoms with E-state index in [0.29, 0.717) is 0 Å². The van der Waals surface area contributed by atoms with E-state index in [0.717, 1.165) is 31.5 Å². The minimum absolute atomic E-state index is 0.0275. The van der Waals surface area contributed by atoms with Gasteiger partial charge in [0.2, 0.25) is 10.0 Å². The number of hydrogen-bond donors (Lipinski definition) is 2. The highest BCUT2D eigenvalue weighted by molar-refractivity contribution is 7.89. The molecule has 0 radical (unpaired) electrons. The maximum atomic E-state index is 12.5. The van der Waals surface area contributed by atoms with Gasteiger partial charge in [-0.25, -0.2) is 17.9 Å². The predicted octanol–water partition coefficient (Wildman–Crippen LogP) is 1.11. The molecule has 1 heterocycles. The molecular formula is C15H21N3O6S. The first kappa shape index (κ1) is 19.3. The summed E-state index contributed by atoms with van der Waals surface area (Å²) in [5, 5.41) is 14.4. The largest absolute Gasteiger partial charge is 0.462 e. The molecule has 1 saturated heterocycles. The lowest BCUT2D eigenvalue weighted by atomic mass is 10.1. The molecule has 1 fully saturated rings. The van der Waals surface area contributed by atoms with E-state index in [2.05, 4.69) is 10.0 Å². The molecule has 25 heavy (non-hydrogen) atoms. The molecule has 0 spiro atoms. The van der Waals surface area contributed by atoms with Crippen LogP contribution in [0.1, 0.15) is 35.7 Å². The van der Waals surface area contributed by atoms with Gasteiger partial charge in [0.25, 0.3) is 5.69 Å². The zero-order valence-corrected chi connectivity index (χ0v) is 14.9. The fourth-order valence-corrected chi connectivity index (χ4v) is 3.79. The molecule has 2 rings (SSSR count). The number of sulfonamides is 1.